The number of rotatable bonds is 7. The molecular weight excluding hydrogens is 434 g/mol. The molecule has 0 bridgehead atoms. The van der Waals surface area contributed by atoms with E-state index in [2.05, 4.69) is 29.6 Å². The number of carboxylic acid groups (broad SMARTS) is 1. The number of piperidine rings is 1. The first-order valence-electron chi connectivity index (χ1n) is 11.7. The molecule has 2 aliphatic rings. The number of carbonyl (C=O) groups is 3. The summed E-state index contributed by atoms with van der Waals surface area (Å²) in [6, 6.07) is 15.6. The van der Waals surface area contributed by atoms with Crippen molar-refractivity contribution in [1.82, 2.24) is 15.1 Å². The summed E-state index contributed by atoms with van der Waals surface area (Å²) < 4.78 is 5.63. The van der Waals surface area contributed by atoms with E-state index in [0.29, 0.717) is 25.9 Å². The van der Waals surface area contributed by atoms with Crippen LogP contribution < -0.4 is 5.32 Å². The minimum Gasteiger partial charge on any atom is -0.480 e. The molecular formula is C26H31N3O5. The van der Waals surface area contributed by atoms with Gasteiger partial charge < -0.3 is 20.1 Å². The molecule has 34 heavy (non-hydrogen) atoms. The van der Waals surface area contributed by atoms with Gasteiger partial charge in [-0.05, 0) is 42.0 Å². The van der Waals surface area contributed by atoms with Crippen molar-refractivity contribution in [1.29, 1.82) is 0 Å². The van der Waals surface area contributed by atoms with Crippen molar-refractivity contribution in [2.75, 3.05) is 33.3 Å². The molecule has 1 aliphatic heterocycles. The van der Waals surface area contributed by atoms with Crippen LogP contribution in [0.5, 0.6) is 0 Å². The quantitative estimate of drug-likeness (QED) is 0.652. The summed E-state index contributed by atoms with van der Waals surface area (Å²) in [6.45, 7) is 3.24. The highest BCUT2D eigenvalue weighted by Crippen LogP contribution is 2.44. The predicted molar refractivity (Wildman–Crippen MR) is 128 cm³/mol. The second-order valence-corrected chi connectivity index (χ2v) is 9.04. The van der Waals surface area contributed by atoms with Gasteiger partial charge >= 0.3 is 12.1 Å². The third-order valence-corrected chi connectivity index (χ3v) is 6.94. The van der Waals surface area contributed by atoms with E-state index in [1.807, 2.05) is 29.2 Å². The maximum Gasteiger partial charge on any atom is 0.407 e. The molecule has 8 nitrogen and oxygen atoms in total. The summed E-state index contributed by atoms with van der Waals surface area (Å²) in [6.07, 6.45) is 0.983. The standard InChI is InChI=1S/C26H31N3O5/c1-17(25(31)32)28(2)24(30)15-29-13-11-18(12-14-29)27-26(33)34-16-23-21-9-5-3-7-19(21)20-8-4-6-10-22(20)23/h3-10,17-18,23H,11-16H2,1-2H3,(H,27,33)(H,31,32)/t17-/m0/s1. The highest BCUT2D eigenvalue weighted by atomic mass is 16.5. The Morgan fingerprint density at radius 2 is 1.62 bits per heavy atom. The SMILES string of the molecule is C[C@@H](C(=O)O)N(C)C(=O)CN1CCC(NC(=O)OCC2c3ccccc3-c3ccccc32)CC1. The maximum absolute atomic E-state index is 12.5. The number of hydrogen-bond donors (Lipinski definition) is 2. The summed E-state index contributed by atoms with van der Waals surface area (Å²) in [5, 5.41) is 12.0. The molecule has 0 aromatic heterocycles. The number of aliphatic carboxylic acids is 1. The largest absolute Gasteiger partial charge is 0.480 e. The number of nitrogens with zero attached hydrogens (tertiary/aromatic N) is 2. The fourth-order valence-corrected chi connectivity index (χ4v) is 4.73. The lowest BCUT2D eigenvalue weighted by molar-refractivity contribution is -0.148. The van der Waals surface area contributed by atoms with Crippen molar-refractivity contribution in [2.45, 2.75) is 37.8 Å². The molecule has 180 valence electrons. The van der Waals surface area contributed by atoms with Crippen LogP contribution in [-0.4, -0.2) is 78.2 Å². The van der Waals surface area contributed by atoms with Gasteiger partial charge in [-0.3, -0.25) is 9.69 Å². The van der Waals surface area contributed by atoms with Crippen molar-refractivity contribution in [3.63, 3.8) is 0 Å². The molecule has 1 atom stereocenters. The van der Waals surface area contributed by atoms with Crippen molar-refractivity contribution in [2.24, 2.45) is 0 Å². The van der Waals surface area contributed by atoms with E-state index in [-0.39, 0.29) is 31.0 Å². The Balaban J connectivity index is 1.24. The molecule has 2 aromatic carbocycles. The molecule has 0 radical (unpaired) electrons. The van der Waals surface area contributed by atoms with Crippen LogP contribution in [-0.2, 0) is 14.3 Å². The van der Waals surface area contributed by atoms with Gasteiger partial charge in [-0.2, -0.15) is 0 Å². The topological polar surface area (TPSA) is 99.2 Å². The van der Waals surface area contributed by atoms with Crippen molar-refractivity contribution in [3.05, 3.63) is 59.7 Å². The number of hydrogen-bond acceptors (Lipinski definition) is 5. The van der Waals surface area contributed by atoms with Gasteiger partial charge in [0.1, 0.15) is 12.6 Å². The van der Waals surface area contributed by atoms with E-state index in [1.165, 1.54) is 41.1 Å². The zero-order chi connectivity index (χ0) is 24.2. The fourth-order valence-electron chi connectivity index (χ4n) is 4.73. The molecule has 1 saturated heterocycles. The molecule has 1 heterocycles. The fraction of sp³-hybridized carbons (Fsp3) is 0.423. The number of alkyl carbamates (subject to hydrolysis) is 1. The van der Waals surface area contributed by atoms with E-state index in [0.717, 1.165) is 0 Å². The Bertz CT molecular complexity index is 1020. The maximum atomic E-state index is 12.5. The van der Waals surface area contributed by atoms with Crippen LogP contribution in [0.15, 0.2) is 48.5 Å². The monoisotopic (exact) mass is 465 g/mol. The molecule has 8 heteroatoms. The van der Waals surface area contributed by atoms with Crippen molar-refractivity contribution < 1.29 is 24.2 Å². The number of likely N-dealkylation sites (tertiary alicyclic amines) is 1. The number of fused-ring (bicyclic) bond motifs is 3. The lowest BCUT2D eigenvalue weighted by Crippen LogP contribution is -2.49. The molecule has 1 fully saturated rings. The summed E-state index contributed by atoms with van der Waals surface area (Å²) in [5.74, 6) is -1.23. The molecule has 1 aliphatic carbocycles. The number of ether oxygens (including phenoxy) is 1. The number of nitrogens with one attached hydrogen (secondary N) is 1. The van der Waals surface area contributed by atoms with Crippen LogP contribution in [0.4, 0.5) is 4.79 Å². The Hall–Kier alpha value is -3.39. The minimum atomic E-state index is -1.03. The number of carboxylic acids is 1. The number of amides is 2. The van der Waals surface area contributed by atoms with Gasteiger partial charge in [0.25, 0.3) is 0 Å². The third kappa shape index (κ3) is 5.07. The second kappa shape index (κ2) is 10.3. The molecule has 0 unspecified atom stereocenters. The minimum absolute atomic E-state index is 0.0160. The van der Waals surface area contributed by atoms with Gasteiger partial charge in [0.15, 0.2) is 0 Å². The highest BCUT2D eigenvalue weighted by molar-refractivity contribution is 5.84. The Kier molecular flexibility index (Phi) is 7.17. The molecule has 4 rings (SSSR count). The van der Waals surface area contributed by atoms with Gasteiger partial charge in [-0.25, -0.2) is 9.59 Å². The summed E-state index contributed by atoms with van der Waals surface area (Å²) >= 11 is 0. The third-order valence-electron chi connectivity index (χ3n) is 6.94. The zero-order valence-electron chi connectivity index (χ0n) is 19.6. The van der Waals surface area contributed by atoms with Crippen LogP contribution in [0, 0.1) is 0 Å². The van der Waals surface area contributed by atoms with E-state index < -0.39 is 18.1 Å². The van der Waals surface area contributed by atoms with Gasteiger partial charge in [0, 0.05) is 32.1 Å². The van der Waals surface area contributed by atoms with Crippen LogP contribution in [0.3, 0.4) is 0 Å². The van der Waals surface area contributed by atoms with Gasteiger partial charge in [0.2, 0.25) is 5.91 Å². The zero-order valence-corrected chi connectivity index (χ0v) is 19.6. The average Bonchev–Trinajstić information content (AvgIpc) is 3.16. The summed E-state index contributed by atoms with van der Waals surface area (Å²) in [5.41, 5.74) is 4.74. The molecule has 0 spiro atoms. The Morgan fingerprint density at radius 3 is 2.18 bits per heavy atom. The average molecular weight is 466 g/mol. The predicted octanol–water partition coefficient (Wildman–Crippen LogP) is 2.92. The lowest BCUT2D eigenvalue weighted by atomic mass is 9.98. The smallest absolute Gasteiger partial charge is 0.407 e. The Morgan fingerprint density at radius 1 is 1.06 bits per heavy atom. The molecule has 0 saturated carbocycles. The van der Waals surface area contributed by atoms with E-state index in [9.17, 15) is 14.4 Å². The number of carbonyl (C=O) groups excluding carboxylic acids is 2. The lowest BCUT2D eigenvalue weighted by Gasteiger charge is -2.33. The molecule has 2 amide bonds. The normalized spacial score (nSPS) is 16.9. The summed E-state index contributed by atoms with van der Waals surface area (Å²) in [7, 11) is 1.51. The van der Waals surface area contributed by atoms with Crippen molar-refractivity contribution in [3.8, 4) is 11.1 Å². The Labute approximate surface area is 199 Å². The first-order valence-corrected chi connectivity index (χ1v) is 11.7. The van der Waals surface area contributed by atoms with Gasteiger partial charge in [0.05, 0.1) is 6.54 Å². The highest BCUT2D eigenvalue weighted by Gasteiger charge is 2.30. The van der Waals surface area contributed by atoms with E-state index >= 15 is 0 Å². The van der Waals surface area contributed by atoms with E-state index in [1.54, 1.807) is 0 Å². The first-order chi connectivity index (χ1) is 16.3. The van der Waals surface area contributed by atoms with E-state index in [4.69, 9.17) is 9.84 Å². The molecule has 2 aromatic rings. The summed E-state index contributed by atoms with van der Waals surface area (Å²) in [4.78, 5) is 39.2. The second-order valence-electron chi connectivity index (χ2n) is 9.04. The van der Waals surface area contributed by atoms with Crippen LogP contribution in [0.2, 0.25) is 0 Å². The molecule has 2 N–H and O–H groups in total. The van der Waals surface area contributed by atoms with Gasteiger partial charge in [-0.15, -0.1) is 0 Å². The van der Waals surface area contributed by atoms with Crippen LogP contribution >= 0.6 is 0 Å². The first kappa shape index (κ1) is 23.8. The van der Waals surface area contributed by atoms with Crippen LogP contribution in [0.25, 0.3) is 11.1 Å². The van der Waals surface area contributed by atoms with Gasteiger partial charge in [-0.1, -0.05) is 48.5 Å². The number of likely N-dealkylation sites (N-methyl/N-ethyl adjacent to an activating group) is 1. The number of benzene rings is 2. The van der Waals surface area contributed by atoms with Crippen molar-refractivity contribution >= 4 is 18.0 Å². The van der Waals surface area contributed by atoms with Crippen LogP contribution in [0.1, 0.15) is 36.8 Å².